The molecule has 2 aliphatic rings. The molecular formula is C26H27BrCl2N4O. The minimum Gasteiger partial charge on any atom is -0.494 e. The Hall–Kier alpha value is -2.25. The van der Waals surface area contributed by atoms with Crippen molar-refractivity contribution in [3.63, 3.8) is 0 Å². The van der Waals surface area contributed by atoms with E-state index in [4.69, 9.17) is 21.3 Å². The van der Waals surface area contributed by atoms with Crippen LogP contribution in [0.1, 0.15) is 12.0 Å². The molecule has 1 fully saturated rings. The van der Waals surface area contributed by atoms with Gasteiger partial charge in [-0.25, -0.2) is 4.99 Å². The van der Waals surface area contributed by atoms with Crippen molar-refractivity contribution in [1.29, 1.82) is 0 Å². The fourth-order valence-electron chi connectivity index (χ4n) is 4.27. The molecule has 178 valence electrons. The molecule has 34 heavy (non-hydrogen) atoms. The van der Waals surface area contributed by atoms with Gasteiger partial charge in [0.05, 0.1) is 18.0 Å². The highest BCUT2D eigenvalue weighted by atomic mass is 79.9. The Morgan fingerprint density at radius 2 is 1.76 bits per heavy atom. The molecule has 3 aromatic rings. The van der Waals surface area contributed by atoms with Crippen molar-refractivity contribution in [3.05, 3.63) is 81.8 Å². The van der Waals surface area contributed by atoms with Gasteiger partial charge in [-0.2, -0.15) is 0 Å². The summed E-state index contributed by atoms with van der Waals surface area (Å²) >= 11 is 9.76. The Morgan fingerprint density at radius 3 is 2.59 bits per heavy atom. The van der Waals surface area contributed by atoms with Gasteiger partial charge in [0.25, 0.3) is 0 Å². The molecule has 0 aliphatic carbocycles. The lowest BCUT2D eigenvalue weighted by molar-refractivity contribution is 0.169. The number of nitrogens with one attached hydrogen (secondary N) is 1. The van der Waals surface area contributed by atoms with E-state index in [0.717, 1.165) is 84.4 Å². The number of hydrogen-bond donors (Lipinski definition) is 1. The molecular weight excluding hydrogens is 535 g/mol. The summed E-state index contributed by atoms with van der Waals surface area (Å²) < 4.78 is 6.93. The van der Waals surface area contributed by atoms with E-state index in [1.54, 1.807) is 0 Å². The predicted molar refractivity (Wildman–Crippen MR) is 147 cm³/mol. The molecule has 2 heterocycles. The highest BCUT2D eigenvalue weighted by Crippen LogP contribution is 2.36. The van der Waals surface area contributed by atoms with E-state index < -0.39 is 0 Å². The molecule has 0 unspecified atom stereocenters. The zero-order chi connectivity index (χ0) is 22.6. The maximum absolute atomic E-state index is 6.27. The highest BCUT2D eigenvalue weighted by Gasteiger charge is 2.24. The molecule has 5 rings (SSSR count). The number of benzene rings is 3. The lowest BCUT2D eigenvalue weighted by atomic mass is 10.1. The fourth-order valence-corrected chi connectivity index (χ4v) is 4.81. The van der Waals surface area contributed by atoms with E-state index in [0.29, 0.717) is 5.02 Å². The quantitative estimate of drug-likeness (QED) is 0.350. The Kier molecular flexibility index (Phi) is 8.37. The maximum atomic E-state index is 6.27. The van der Waals surface area contributed by atoms with Gasteiger partial charge < -0.3 is 15.0 Å². The number of para-hydroxylation sites is 1. The van der Waals surface area contributed by atoms with Crippen LogP contribution < -0.4 is 10.1 Å². The van der Waals surface area contributed by atoms with Crippen LogP contribution in [0, 0.1) is 0 Å². The molecule has 0 saturated carbocycles. The van der Waals surface area contributed by atoms with Crippen molar-refractivity contribution in [3.8, 4) is 5.75 Å². The van der Waals surface area contributed by atoms with Crippen LogP contribution in [0.2, 0.25) is 5.02 Å². The first-order chi connectivity index (χ1) is 16.2. The Labute approximate surface area is 220 Å². The number of fused-ring (bicyclic) bond motifs is 2. The predicted octanol–water partition coefficient (Wildman–Crippen LogP) is 6.75. The summed E-state index contributed by atoms with van der Waals surface area (Å²) in [5.74, 6) is 1.92. The van der Waals surface area contributed by atoms with Crippen LogP contribution in [0.15, 0.2) is 76.2 Å². The van der Waals surface area contributed by atoms with Gasteiger partial charge >= 0.3 is 0 Å². The highest BCUT2D eigenvalue weighted by molar-refractivity contribution is 9.10. The van der Waals surface area contributed by atoms with Gasteiger partial charge in [0.1, 0.15) is 11.6 Å². The van der Waals surface area contributed by atoms with Crippen LogP contribution in [0.5, 0.6) is 5.75 Å². The summed E-state index contributed by atoms with van der Waals surface area (Å²) in [7, 11) is 0. The number of piperazine rings is 1. The topological polar surface area (TPSA) is 40.1 Å². The Balaban J connectivity index is 0.00000274. The summed E-state index contributed by atoms with van der Waals surface area (Å²) in [5, 5.41) is 4.23. The molecule has 8 heteroatoms. The number of rotatable bonds is 5. The number of aliphatic imine (C=N–C) groups is 1. The second-order valence-corrected chi connectivity index (χ2v) is 9.61. The molecule has 1 saturated heterocycles. The number of hydrogen-bond acceptors (Lipinski definition) is 5. The minimum atomic E-state index is 0. The van der Waals surface area contributed by atoms with Crippen LogP contribution in [-0.4, -0.2) is 55.0 Å². The third kappa shape index (κ3) is 5.87. The number of halogens is 3. The van der Waals surface area contributed by atoms with Crippen LogP contribution in [-0.2, 0) is 0 Å². The standard InChI is InChI=1S/C26H26BrClN4O.ClH/c27-19-5-3-6-21(17-19)33-16-4-11-31-12-14-32(15-13-31)26-22-7-1-2-8-23(22)29-24-10-9-20(28)18-25(24)30-26;/h1-3,5-10,17-18,29H,4,11-16H2;1H. The molecule has 0 amide bonds. The van der Waals surface area contributed by atoms with E-state index in [1.165, 1.54) is 0 Å². The molecule has 0 spiro atoms. The maximum Gasteiger partial charge on any atom is 0.138 e. The average Bonchev–Trinajstić information content (AvgIpc) is 2.99. The Morgan fingerprint density at radius 1 is 0.941 bits per heavy atom. The second-order valence-electron chi connectivity index (χ2n) is 8.26. The van der Waals surface area contributed by atoms with Crippen LogP contribution in [0.3, 0.4) is 0 Å². The lowest BCUT2D eigenvalue weighted by Crippen LogP contribution is -2.49. The van der Waals surface area contributed by atoms with Crippen molar-refractivity contribution in [1.82, 2.24) is 9.80 Å². The zero-order valence-electron chi connectivity index (χ0n) is 18.7. The molecule has 0 atom stereocenters. The molecule has 0 aromatic heterocycles. The summed E-state index contributed by atoms with van der Waals surface area (Å²) in [5.41, 5.74) is 4.05. The van der Waals surface area contributed by atoms with Crippen LogP contribution >= 0.6 is 39.9 Å². The molecule has 3 aromatic carbocycles. The largest absolute Gasteiger partial charge is 0.494 e. The van der Waals surface area contributed by atoms with Gasteiger partial charge in [-0.05, 0) is 55.0 Å². The molecule has 0 bridgehead atoms. The number of amidine groups is 1. The van der Waals surface area contributed by atoms with E-state index >= 15 is 0 Å². The minimum absolute atomic E-state index is 0. The molecule has 1 N–H and O–H groups in total. The van der Waals surface area contributed by atoms with E-state index in [2.05, 4.69) is 55.3 Å². The monoisotopic (exact) mass is 560 g/mol. The average molecular weight is 562 g/mol. The smallest absolute Gasteiger partial charge is 0.138 e. The van der Waals surface area contributed by atoms with Crippen molar-refractivity contribution >= 4 is 62.8 Å². The fraction of sp³-hybridized carbons (Fsp3) is 0.269. The summed E-state index contributed by atoms with van der Waals surface area (Å²) in [6, 6.07) is 22.2. The van der Waals surface area contributed by atoms with Crippen molar-refractivity contribution < 1.29 is 4.74 Å². The number of nitrogens with zero attached hydrogens (tertiary/aromatic N) is 3. The molecule has 0 radical (unpaired) electrons. The number of ether oxygens (including phenoxy) is 1. The van der Waals surface area contributed by atoms with Gasteiger partial charge in [0.15, 0.2) is 0 Å². The Bertz CT molecular complexity index is 1170. The van der Waals surface area contributed by atoms with E-state index in [9.17, 15) is 0 Å². The summed E-state index contributed by atoms with van der Waals surface area (Å²) in [6.45, 7) is 5.65. The van der Waals surface area contributed by atoms with Crippen molar-refractivity contribution in [2.45, 2.75) is 6.42 Å². The summed E-state index contributed by atoms with van der Waals surface area (Å²) in [6.07, 6.45) is 1.01. The van der Waals surface area contributed by atoms with E-state index in [-0.39, 0.29) is 12.4 Å². The SMILES string of the molecule is Cl.Clc1ccc2c(c1)N=C(N1CCN(CCCOc3cccc(Br)c3)CC1)c1ccccc1N2. The first-order valence-electron chi connectivity index (χ1n) is 11.3. The van der Waals surface area contributed by atoms with Crippen LogP contribution in [0.4, 0.5) is 17.1 Å². The van der Waals surface area contributed by atoms with Crippen molar-refractivity contribution in [2.75, 3.05) is 44.6 Å². The van der Waals surface area contributed by atoms with Gasteiger partial charge in [0.2, 0.25) is 0 Å². The van der Waals surface area contributed by atoms with Crippen LogP contribution in [0.25, 0.3) is 0 Å². The van der Waals surface area contributed by atoms with Crippen molar-refractivity contribution in [2.24, 2.45) is 4.99 Å². The second kappa shape index (κ2) is 11.5. The van der Waals surface area contributed by atoms with Gasteiger partial charge in [-0.15, -0.1) is 12.4 Å². The molecule has 2 aliphatic heterocycles. The summed E-state index contributed by atoms with van der Waals surface area (Å²) in [4.78, 5) is 9.96. The lowest BCUT2D eigenvalue weighted by Gasteiger charge is -2.36. The van der Waals surface area contributed by atoms with E-state index in [1.807, 2.05) is 42.5 Å². The third-order valence-electron chi connectivity index (χ3n) is 5.98. The third-order valence-corrected chi connectivity index (χ3v) is 6.71. The number of anilines is 2. The zero-order valence-corrected chi connectivity index (χ0v) is 21.9. The first kappa shape index (κ1) is 24.9. The molecule has 5 nitrogen and oxygen atoms in total. The normalized spacial score (nSPS) is 15.2. The van der Waals surface area contributed by atoms with Gasteiger partial charge in [-0.3, -0.25) is 4.90 Å². The van der Waals surface area contributed by atoms with Gasteiger partial charge in [-0.1, -0.05) is 45.7 Å². The first-order valence-corrected chi connectivity index (χ1v) is 12.4. The van der Waals surface area contributed by atoms with Gasteiger partial charge in [0, 0.05) is 53.5 Å².